The highest BCUT2D eigenvalue weighted by molar-refractivity contribution is 7.13. The van der Waals surface area contributed by atoms with Crippen molar-refractivity contribution in [3.63, 3.8) is 0 Å². The number of benzene rings is 1. The van der Waals surface area contributed by atoms with E-state index >= 15 is 0 Å². The molecule has 3 aromatic rings. The molecule has 0 radical (unpaired) electrons. The summed E-state index contributed by atoms with van der Waals surface area (Å²) in [6, 6.07) is 8.79. The fraction of sp³-hybridized carbons (Fsp3) is 0.267. The standard InChI is InChI=1S/C15H17N7OS/c1-21(2)15-18-12(9-24-15)8-16-14(23)13(22-10-17-19-20-22)11-6-4-3-5-7-11/h3-7,9-10,13H,8H2,1-2H3,(H,16,23). The zero-order valence-corrected chi connectivity index (χ0v) is 14.1. The van der Waals surface area contributed by atoms with Gasteiger partial charge in [-0.3, -0.25) is 4.79 Å². The Morgan fingerprint density at radius 3 is 2.75 bits per heavy atom. The first-order chi connectivity index (χ1) is 11.6. The number of tetrazole rings is 1. The van der Waals surface area contributed by atoms with Crippen LogP contribution in [0.2, 0.25) is 0 Å². The van der Waals surface area contributed by atoms with Crippen LogP contribution in [0.15, 0.2) is 42.0 Å². The lowest BCUT2D eigenvalue weighted by Crippen LogP contribution is -2.33. The van der Waals surface area contributed by atoms with E-state index in [1.54, 1.807) is 0 Å². The summed E-state index contributed by atoms with van der Waals surface area (Å²) in [5.74, 6) is -0.187. The zero-order valence-electron chi connectivity index (χ0n) is 13.3. The third-order valence-electron chi connectivity index (χ3n) is 3.36. The number of hydrogen-bond donors (Lipinski definition) is 1. The van der Waals surface area contributed by atoms with E-state index in [2.05, 4.69) is 25.8 Å². The van der Waals surface area contributed by atoms with E-state index in [-0.39, 0.29) is 5.91 Å². The van der Waals surface area contributed by atoms with Crippen LogP contribution in [0, 0.1) is 0 Å². The molecule has 1 unspecified atom stereocenters. The van der Waals surface area contributed by atoms with Crippen LogP contribution in [0.1, 0.15) is 17.3 Å². The summed E-state index contributed by atoms with van der Waals surface area (Å²) in [4.78, 5) is 19.1. The lowest BCUT2D eigenvalue weighted by molar-refractivity contribution is -0.123. The Balaban J connectivity index is 1.74. The Labute approximate surface area is 143 Å². The van der Waals surface area contributed by atoms with Crippen molar-refractivity contribution in [2.24, 2.45) is 0 Å². The number of nitrogens with zero attached hydrogens (tertiary/aromatic N) is 6. The minimum atomic E-state index is -0.617. The summed E-state index contributed by atoms with van der Waals surface area (Å²) in [6.07, 6.45) is 1.43. The van der Waals surface area contributed by atoms with Crippen molar-refractivity contribution in [2.45, 2.75) is 12.6 Å². The van der Waals surface area contributed by atoms with Gasteiger partial charge in [0.1, 0.15) is 6.33 Å². The molecule has 0 aliphatic carbocycles. The molecule has 1 atom stereocenters. The van der Waals surface area contributed by atoms with Crippen molar-refractivity contribution in [1.82, 2.24) is 30.5 Å². The topological polar surface area (TPSA) is 88.8 Å². The van der Waals surface area contributed by atoms with Gasteiger partial charge in [0.25, 0.3) is 0 Å². The normalized spacial score (nSPS) is 11.9. The summed E-state index contributed by atoms with van der Waals surface area (Å²) in [7, 11) is 3.87. The maximum atomic E-state index is 12.7. The Morgan fingerprint density at radius 2 is 2.12 bits per heavy atom. The first-order valence-corrected chi connectivity index (χ1v) is 8.20. The smallest absolute Gasteiger partial charge is 0.249 e. The number of carbonyl (C=O) groups is 1. The third-order valence-corrected chi connectivity index (χ3v) is 4.42. The fourth-order valence-corrected chi connectivity index (χ4v) is 2.96. The predicted molar refractivity (Wildman–Crippen MR) is 90.7 cm³/mol. The van der Waals surface area contributed by atoms with E-state index < -0.39 is 6.04 Å². The minimum absolute atomic E-state index is 0.187. The van der Waals surface area contributed by atoms with Gasteiger partial charge >= 0.3 is 0 Å². The second-order valence-electron chi connectivity index (χ2n) is 5.34. The van der Waals surface area contributed by atoms with Crippen LogP contribution in [0.4, 0.5) is 5.13 Å². The average Bonchev–Trinajstić information content (AvgIpc) is 3.26. The highest BCUT2D eigenvalue weighted by atomic mass is 32.1. The zero-order chi connectivity index (χ0) is 16.9. The molecule has 0 spiro atoms. The molecule has 0 saturated heterocycles. The van der Waals surface area contributed by atoms with Gasteiger partial charge < -0.3 is 10.2 Å². The number of aromatic nitrogens is 5. The molecule has 0 aliphatic heterocycles. The molecular formula is C15H17N7OS. The van der Waals surface area contributed by atoms with Crippen molar-refractivity contribution in [3.05, 3.63) is 53.3 Å². The molecule has 0 fully saturated rings. The predicted octanol–water partition coefficient (Wildman–Crippen LogP) is 1.10. The molecule has 2 aromatic heterocycles. The van der Waals surface area contributed by atoms with E-state index in [0.717, 1.165) is 16.4 Å². The molecule has 124 valence electrons. The second-order valence-corrected chi connectivity index (χ2v) is 6.17. The monoisotopic (exact) mass is 343 g/mol. The highest BCUT2D eigenvalue weighted by Crippen LogP contribution is 2.19. The Hall–Kier alpha value is -2.81. The van der Waals surface area contributed by atoms with Gasteiger partial charge in [0.2, 0.25) is 5.91 Å². The van der Waals surface area contributed by atoms with Crippen LogP contribution < -0.4 is 10.2 Å². The summed E-state index contributed by atoms with van der Waals surface area (Å²) in [5, 5.41) is 16.9. The molecule has 0 aliphatic rings. The summed E-state index contributed by atoms with van der Waals surface area (Å²) in [6.45, 7) is 0.356. The molecule has 0 bridgehead atoms. The van der Waals surface area contributed by atoms with E-state index in [1.165, 1.54) is 22.3 Å². The molecule has 2 heterocycles. The third kappa shape index (κ3) is 3.57. The molecule has 1 amide bonds. The quantitative estimate of drug-likeness (QED) is 0.721. The number of hydrogen-bond acceptors (Lipinski definition) is 7. The molecular weight excluding hydrogens is 326 g/mol. The van der Waals surface area contributed by atoms with Crippen LogP contribution in [-0.4, -0.2) is 45.2 Å². The average molecular weight is 343 g/mol. The molecule has 24 heavy (non-hydrogen) atoms. The molecule has 8 nitrogen and oxygen atoms in total. The van der Waals surface area contributed by atoms with Crippen LogP contribution in [0.5, 0.6) is 0 Å². The minimum Gasteiger partial charge on any atom is -0.354 e. The van der Waals surface area contributed by atoms with Gasteiger partial charge in [-0.05, 0) is 16.0 Å². The first kappa shape index (κ1) is 16.1. The number of carbonyl (C=O) groups excluding carboxylic acids is 1. The number of amides is 1. The SMILES string of the molecule is CN(C)c1nc(CNC(=O)C(c2ccccc2)n2cnnn2)cs1. The summed E-state index contributed by atoms with van der Waals surface area (Å²) >= 11 is 1.54. The Morgan fingerprint density at radius 1 is 1.33 bits per heavy atom. The van der Waals surface area contributed by atoms with E-state index in [9.17, 15) is 4.79 Å². The lowest BCUT2D eigenvalue weighted by atomic mass is 10.1. The molecule has 9 heteroatoms. The Bertz CT molecular complexity index is 785. The van der Waals surface area contributed by atoms with Gasteiger partial charge in [0, 0.05) is 19.5 Å². The van der Waals surface area contributed by atoms with Gasteiger partial charge in [-0.25, -0.2) is 9.67 Å². The van der Waals surface area contributed by atoms with Crippen molar-refractivity contribution >= 4 is 22.4 Å². The van der Waals surface area contributed by atoms with Crippen molar-refractivity contribution in [3.8, 4) is 0 Å². The largest absolute Gasteiger partial charge is 0.354 e. The maximum Gasteiger partial charge on any atom is 0.249 e. The van der Waals surface area contributed by atoms with Gasteiger partial charge in [0.15, 0.2) is 11.2 Å². The second kappa shape index (κ2) is 7.18. The summed E-state index contributed by atoms with van der Waals surface area (Å²) < 4.78 is 1.44. The Kier molecular flexibility index (Phi) is 4.80. The molecule has 1 aromatic carbocycles. The number of nitrogens with one attached hydrogen (secondary N) is 1. The van der Waals surface area contributed by atoms with E-state index in [1.807, 2.05) is 54.7 Å². The van der Waals surface area contributed by atoms with Gasteiger partial charge in [-0.2, -0.15) is 0 Å². The van der Waals surface area contributed by atoms with Gasteiger partial charge in [-0.1, -0.05) is 30.3 Å². The molecule has 0 saturated carbocycles. The van der Waals surface area contributed by atoms with E-state index in [0.29, 0.717) is 6.54 Å². The van der Waals surface area contributed by atoms with Crippen LogP contribution in [0.3, 0.4) is 0 Å². The van der Waals surface area contributed by atoms with Crippen LogP contribution in [0.25, 0.3) is 0 Å². The van der Waals surface area contributed by atoms with Crippen LogP contribution >= 0.6 is 11.3 Å². The van der Waals surface area contributed by atoms with Crippen molar-refractivity contribution in [2.75, 3.05) is 19.0 Å². The first-order valence-electron chi connectivity index (χ1n) is 7.32. The lowest BCUT2D eigenvalue weighted by Gasteiger charge is -2.16. The van der Waals surface area contributed by atoms with Crippen molar-refractivity contribution in [1.29, 1.82) is 0 Å². The van der Waals surface area contributed by atoms with E-state index in [4.69, 9.17) is 0 Å². The number of anilines is 1. The maximum absolute atomic E-state index is 12.7. The molecule has 3 rings (SSSR count). The number of thiazole rings is 1. The van der Waals surface area contributed by atoms with Gasteiger partial charge in [-0.15, -0.1) is 16.4 Å². The fourth-order valence-electron chi connectivity index (χ4n) is 2.20. The van der Waals surface area contributed by atoms with Crippen LogP contribution in [-0.2, 0) is 11.3 Å². The summed E-state index contributed by atoms with van der Waals surface area (Å²) in [5.41, 5.74) is 1.63. The number of rotatable bonds is 6. The highest BCUT2D eigenvalue weighted by Gasteiger charge is 2.23. The van der Waals surface area contributed by atoms with Crippen molar-refractivity contribution < 1.29 is 4.79 Å². The molecule has 1 N–H and O–H groups in total. The van der Waals surface area contributed by atoms with Gasteiger partial charge in [0.05, 0.1) is 12.2 Å².